The largest absolute Gasteiger partial charge is 0.396 e. The fraction of sp³-hybridized carbons (Fsp3) is 0.429. The van der Waals surface area contributed by atoms with Gasteiger partial charge in [-0.05, 0) is 24.0 Å². The molecule has 2 atom stereocenters. The second kappa shape index (κ2) is 7.92. The van der Waals surface area contributed by atoms with Crippen molar-refractivity contribution in [1.82, 2.24) is 0 Å². The Balaban J connectivity index is 1.90. The zero-order valence-electron chi connectivity index (χ0n) is 14.3. The first-order chi connectivity index (χ1) is 12.1. The van der Waals surface area contributed by atoms with Crippen LogP contribution in [0.15, 0.2) is 60.7 Å². The van der Waals surface area contributed by atoms with Crippen LogP contribution < -0.4 is 0 Å². The summed E-state index contributed by atoms with van der Waals surface area (Å²) < 4.78 is 0. The standard InChI is InChI=1S/C21H26O3S/c22-13-20(11-17-7-3-1-4-8-17)15-25-16-21(14-23,19(20)24)12-18-9-5-2-6-10-18/h1-10,19,22-24H,11-16H2/t20-,21-/m0/s1. The van der Waals surface area contributed by atoms with Crippen molar-refractivity contribution in [2.75, 3.05) is 24.7 Å². The van der Waals surface area contributed by atoms with E-state index in [1.54, 1.807) is 11.8 Å². The van der Waals surface area contributed by atoms with Crippen LogP contribution in [-0.4, -0.2) is 46.1 Å². The highest BCUT2D eigenvalue weighted by molar-refractivity contribution is 7.99. The molecule has 0 amide bonds. The summed E-state index contributed by atoms with van der Waals surface area (Å²) in [5, 5.41) is 31.7. The molecule has 1 saturated heterocycles. The number of aliphatic hydroxyl groups excluding tert-OH is 3. The van der Waals surface area contributed by atoms with E-state index in [0.717, 1.165) is 11.1 Å². The van der Waals surface area contributed by atoms with E-state index in [1.807, 2.05) is 60.7 Å². The van der Waals surface area contributed by atoms with Crippen molar-refractivity contribution in [2.24, 2.45) is 10.8 Å². The van der Waals surface area contributed by atoms with E-state index in [-0.39, 0.29) is 13.2 Å². The highest BCUT2D eigenvalue weighted by Gasteiger charge is 2.53. The monoisotopic (exact) mass is 358 g/mol. The van der Waals surface area contributed by atoms with Crippen molar-refractivity contribution in [3.8, 4) is 0 Å². The Morgan fingerprint density at radius 1 is 0.760 bits per heavy atom. The maximum absolute atomic E-state index is 11.3. The second-order valence-electron chi connectivity index (χ2n) is 7.26. The van der Waals surface area contributed by atoms with Crippen molar-refractivity contribution in [2.45, 2.75) is 18.9 Å². The summed E-state index contributed by atoms with van der Waals surface area (Å²) in [6.45, 7) is -0.181. The quantitative estimate of drug-likeness (QED) is 0.743. The third kappa shape index (κ3) is 3.77. The molecular formula is C21H26O3S. The molecule has 3 N–H and O–H groups in total. The van der Waals surface area contributed by atoms with Gasteiger partial charge < -0.3 is 15.3 Å². The topological polar surface area (TPSA) is 60.7 Å². The van der Waals surface area contributed by atoms with Gasteiger partial charge in [-0.3, -0.25) is 0 Å². The van der Waals surface area contributed by atoms with Crippen molar-refractivity contribution >= 4 is 11.8 Å². The summed E-state index contributed by atoms with van der Waals surface area (Å²) in [6.07, 6.45) is 0.445. The summed E-state index contributed by atoms with van der Waals surface area (Å²) in [7, 11) is 0. The SMILES string of the molecule is OC[C@@]1(Cc2ccccc2)CSC[C@@](CO)(Cc2ccccc2)C1O. The molecule has 1 fully saturated rings. The van der Waals surface area contributed by atoms with Crippen LogP contribution in [0.1, 0.15) is 11.1 Å². The lowest BCUT2D eigenvalue weighted by molar-refractivity contribution is -0.0990. The van der Waals surface area contributed by atoms with Gasteiger partial charge in [-0.25, -0.2) is 0 Å². The van der Waals surface area contributed by atoms with Gasteiger partial charge in [0.25, 0.3) is 0 Å². The van der Waals surface area contributed by atoms with Gasteiger partial charge in [0.2, 0.25) is 0 Å². The number of rotatable bonds is 6. The van der Waals surface area contributed by atoms with Gasteiger partial charge in [0.15, 0.2) is 0 Å². The zero-order chi connectivity index (χ0) is 17.8. The predicted octanol–water partition coefficient (Wildman–Crippen LogP) is 2.54. The smallest absolute Gasteiger partial charge is 0.0718 e. The molecule has 0 saturated carbocycles. The lowest BCUT2D eigenvalue weighted by atomic mass is 9.65. The van der Waals surface area contributed by atoms with Crippen molar-refractivity contribution in [1.29, 1.82) is 0 Å². The van der Waals surface area contributed by atoms with Crippen LogP contribution >= 0.6 is 11.8 Å². The van der Waals surface area contributed by atoms with E-state index < -0.39 is 16.9 Å². The zero-order valence-corrected chi connectivity index (χ0v) is 15.2. The molecule has 1 aliphatic heterocycles. The number of thioether (sulfide) groups is 1. The number of benzene rings is 2. The number of aliphatic hydroxyl groups is 3. The first kappa shape index (κ1) is 18.5. The molecule has 2 aromatic rings. The summed E-state index contributed by atoms with van der Waals surface area (Å²) >= 11 is 1.72. The van der Waals surface area contributed by atoms with E-state index in [1.165, 1.54) is 0 Å². The molecule has 3 nitrogen and oxygen atoms in total. The first-order valence-electron chi connectivity index (χ1n) is 8.70. The van der Waals surface area contributed by atoms with Gasteiger partial charge in [0.1, 0.15) is 0 Å². The molecule has 1 heterocycles. The minimum atomic E-state index is -0.767. The Morgan fingerprint density at radius 3 is 1.52 bits per heavy atom. The molecule has 0 aliphatic carbocycles. The summed E-state index contributed by atoms with van der Waals surface area (Å²) in [4.78, 5) is 0. The highest BCUT2D eigenvalue weighted by Crippen LogP contribution is 2.48. The minimum absolute atomic E-state index is 0.0907. The molecule has 4 heteroatoms. The van der Waals surface area contributed by atoms with Crippen LogP contribution in [-0.2, 0) is 12.8 Å². The van der Waals surface area contributed by atoms with Crippen LogP contribution in [0.25, 0.3) is 0 Å². The first-order valence-corrected chi connectivity index (χ1v) is 9.85. The van der Waals surface area contributed by atoms with Gasteiger partial charge >= 0.3 is 0 Å². The molecule has 25 heavy (non-hydrogen) atoms. The fourth-order valence-corrected chi connectivity index (χ4v) is 5.56. The van der Waals surface area contributed by atoms with Crippen LogP contribution in [0.5, 0.6) is 0 Å². The minimum Gasteiger partial charge on any atom is -0.396 e. The molecule has 0 bridgehead atoms. The summed E-state index contributed by atoms with van der Waals surface area (Å²) in [5.74, 6) is 1.38. The van der Waals surface area contributed by atoms with E-state index in [0.29, 0.717) is 24.3 Å². The molecular weight excluding hydrogens is 332 g/mol. The molecule has 2 aromatic carbocycles. The van der Waals surface area contributed by atoms with E-state index in [2.05, 4.69) is 0 Å². The lowest BCUT2D eigenvalue weighted by Crippen LogP contribution is -2.59. The normalized spacial score (nSPS) is 27.3. The fourth-order valence-electron chi connectivity index (χ4n) is 3.94. The molecule has 134 valence electrons. The Bertz CT molecular complexity index is 606. The molecule has 1 aliphatic rings. The molecule has 0 spiro atoms. The van der Waals surface area contributed by atoms with Crippen molar-refractivity contribution < 1.29 is 15.3 Å². The van der Waals surface area contributed by atoms with Crippen LogP contribution in [0.2, 0.25) is 0 Å². The van der Waals surface area contributed by atoms with Crippen LogP contribution in [0.4, 0.5) is 0 Å². The average Bonchev–Trinajstić information content (AvgIpc) is 2.67. The highest BCUT2D eigenvalue weighted by atomic mass is 32.2. The third-order valence-corrected chi connectivity index (χ3v) is 6.93. The van der Waals surface area contributed by atoms with Gasteiger partial charge in [-0.2, -0.15) is 11.8 Å². The van der Waals surface area contributed by atoms with Crippen LogP contribution in [0.3, 0.4) is 0 Å². The predicted molar refractivity (Wildman–Crippen MR) is 103 cm³/mol. The second-order valence-corrected chi connectivity index (χ2v) is 8.25. The molecule has 0 aromatic heterocycles. The maximum Gasteiger partial charge on any atom is 0.0718 e. The average molecular weight is 359 g/mol. The van der Waals surface area contributed by atoms with E-state index >= 15 is 0 Å². The van der Waals surface area contributed by atoms with Crippen molar-refractivity contribution in [3.63, 3.8) is 0 Å². The van der Waals surface area contributed by atoms with Gasteiger partial charge in [-0.15, -0.1) is 0 Å². The van der Waals surface area contributed by atoms with E-state index in [4.69, 9.17) is 0 Å². The Hall–Kier alpha value is -1.33. The number of hydrogen-bond donors (Lipinski definition) is 3. The van der Waals surface area contributed by atoms with Gasteiger partial charge in [-0.1, -0.05) is 60.7 Å². The Morgan fingerprint density at radius 2 is 1.16 bits per heavy atom. The van der Waals surface area contributed by atoms with Gasteiger partial charge in [0.05, 0.1) is 19.3 Å². The van der Waals surface area contributed by atoms with Crippen LogP contribution in [0, 0.1) is 10.8 Å². The Kier molecular flexibility index (Phi) is 5.85. The maximum atomic E-state index is 11.3. The molecule has 0 unspecified atom stereocenters. The molecule has 0 radical (unpaired) electrons. The van der Waals surface area contributed by atoms with E-state index in [9.17, 15) is 15.3 Å². The lowest BCUT2D eigenvalue weighted by Gasteiger charge is -2.51. The summed E-state index contributed by atoms with van der Waals surface area (Å²) in [5.41, 5.74) is 0.929. The molecule has 3 rings (SSSR count). The third-order valence-electron chi connectivity index (χ3n) is 5.37. The summed E-state index contributed by atoms with van der Waals surface area (Å²) in [6, 6.07) is 20.0. The Labute approximate surface area is 153 Å². The van der Waals surface area contributed by atoms with Gasteiger partial charge in [0, 0.05) is 22.3 Å². The van der Waals surface area contributed by atoms with Crippen molar-refractivity contribution in [3.05, 3.63) is 71.8 Å². The number of hydrogen-bond acceptors (Lipinski definition) is 4.